The van der Waals surface area contributed by atoms with Gasteiger partial charge in [0.2, 0.25) is 0 Å². The van der Waals surface area contributed by atoms with Crippen LogP contribution in [0.15, 0.2) is 24.3 Å². The largest absolute Gasteiger partial charge is 0.497 e. The minimum Gasteiger partial charge on any atom is -0.497 e. The maximum absolute atomic E-state index is 12.2. The molecule has 0 saturated carbocycles. The van der Waals surface area contributed by atoms with Gasteiger partial charge in [-0.2, -0.15) is 0 Å². The quantitative estimate of drug-likeness (QED) is 0.448. The van der Waals surface area contributed by atoms with Crippen molar-refractivity contribution in [1.29, 1.82) is 0 Å². The molecule has 1 aromatic carbocycles. The number of nitrogens with zero attached hydrogens (tertiary/aromatic N) is 2. The van der Waals surface area contributed by atoms with E-state index in [4.69, 9.17) is 4.74 Å². The molecule has 0 aromatic heterocycles. The first-order valence-corrected chi connectivity index (χ1v) is 6.49. The van der Waals surface area contributed by atoms with Gasteiger partial charge in [0.1, 0.15) is 12.3 Å². The fourth-order valence-electron chi connectivity index (χ4n) is 1.94. The van der Waals surface area contributed by atoms with Gasteiger partial charge in [-0.1, -0.05) is 0 Å². The van der Waals surface area contributed by atoms with E-state index in [1.807, 2.05) is 0 Å². The average Bonchev–Trinajstić information content (AvgIpc) is 2.72. The normalized spacial score (nSPS) is 14.5. The second kappa shape index (κ2) is 6.25. The Morgan fingerprint density at radius 3 is 2.27 bits per heavy atom. The number of amides is 4. The number of carbonyl (C=O) groups is 4. The number of imide groups is 2. The number of ether oxygens (including phenoxy) is 2. The second-order valence-corrected chi connectivity index (χ2v) is 4.32. The minimum atomic E-state index is -1.06. The molecule has 0 atom stereocenters. The van der Waals surface area contributed by atoms with E-state index in [0.717, 1.165) is 0 Å². The van der Waals surface area contributed by atoms with Gasteiger partial charge >= 0.3 is 23.8 Å². The Hall–Kier alpha value is -2.90. The number of anilines is 1. The lowest BCUT2D eigenvalue weighted by atomic mass is 10.3. The van der Waals surface area contributed by atoms with Crippen LogP contribution in [0.2, 0.25) is 0 Å². The van der Waals surface area contributed by atoms with Gasteiger partial charge in [0.25, 0.3) is 0 Å². The third kappa shape index (κ3) is 2.76. The molecule has 4 amide bonds. The molecule has 2 rings (SSSR count). The number of rotatable bonds is 5. The lowest BCUT2D eigenvalue weighted by molar-refractivity contribution is -0.148. The molecule has 8 nitrogen and oxygen atoms in total. The maximum atomic E-state index is 12.2. The maximum Gasteiger partial charge on any atom is 0.339 e. The number of hydrogen-bond donors (Lipinski definition) is 0. The predicted octanol–water partition coefficient (Wildman–Crippen LogP) is 0.553. The van der Waals surface area contributed by atoms with Crippen LogP contribution in [-0.2, 0) is 19.1 Å². The molecule has 1 aliphatic heterocycles. The highest BCUT2D eigenvalue weighted by Gasteiger charge is 2.46. The van der Waals surface area contributed by atoms with Crippen molar-refractivity contribution in [3.8, 4) is 5.75 Å². The molecule has 0 spiro atoms. The summed E-state index contributed by atoms with van der Waals surface area (Å²) < 4.78 is 9.66. The Balaban J connectivity index is 2.22. The van der Waals surface area contributed by atoms with Crippen LogP contribution in [0.25, 0.3) is 0 Å². The fraction of sp³-hybridized carbons (Fsp3) is 0.286. The van der Waals surface area contributed by atoms with Gasteiger partial charge in [0, 0.05) is 0 Å². The third-order valence-corrected chi connectivity index (χ3v) is 2.98. The number of methoxy groups -OCH3 is 1. The topological polar surface area (TPSA) is 93.2 Å². The number of urea groups is 1. The van der Waals surface area contributed by atoms with Crippen molar-refractivity contribution in [1.82, 2.24) is 4.90 Å². The molecular weight excluding hydrogens is 292 g/mol. The summed E-state index contributed by atoms with van der Waals surface area (Å²) in [7, 11) is 1.48. The van der Waals surface area contributed by atoms with Gasteiger partial charge in [-0.25, -0.2) is 14.6 Å². The first-order chi connectivity index (χ1) is 10.5. The molecule has 0 unspecified atom stereocenters. The van der Waals surface area contributed by atoms with E-state index in [0.29, 0.717) is 15.5 Å². The van der Waals surface area contributed by atoms with Crippen LogP contribution in [0.1, 0.15) is 6.92 Å². The zero-order chi connectivity index (χ0) is 16.3. The van der Waals surface area contributed by atoms with Crippen molar-refractivity contribution < 1.29 is 28.7 Å². The molecule has 116 valence electrons. The van der Waals surface area contributed by atoms with E-state index < -0.39 is 30.4 Å². The van der Waals surface area contributed by atoms with E-state index in [1.54, 1.807) is 19.1 Å². The van der Waals surface area contributed by atoms with Crippen molar-refractivity contribution in [3.63, 3.8) is 0 Å². The zero-order valence-corrected chi connectivity index (χ0v) is 12.1. The molecule has 1 aromatic rings. The second-order valence-electron chi connectivity index (χ2n) is 4.32. The van der Waals surface area contributed by atoms with Gasteiger partial charge in [0.05, 0.1) is 19.4 Å². The van der Waals surface area contributed by atoms with Gasteiger partial charge in [-0.15, -0.1) is 0 Å². The first-order valence-electron chi connectivity index (χ1n) is 6.49. The molecule has 0 bridgehead atoms. The summed E-state index contributed by atoms with van der Waals surface area (Å²) in [5.41, 5.74) is 0.218. The van der Waals surface area contributed by atoms with E-state index in [9.17, 15) is 19.2 Å². The van der Waals surface area contributed by atoms with Crippen molar-refractivity contribution in [2.75, 3.05) is 25.2 Å². The summed E-state index contributed by atoms with van der Waals surface area (Å²) in [6, 6.07) is 5.15. The van der Waals surface area contributed by atoms with Crippen molar-refractivity contribution >= 4 is 29.5 Å². The zero-order valence-electron chi connectivity index (χ0n) is 12.1. The molecule has 22 heavy (non-hydrogen) atoms. The molecule has 1 heterocycles. The lowest BCUT2D eigenvalue weighted by Crippen LogP contribution is -2.37. The number of carbonyl (C=O) groups excluding carboxylic acids is 4. The fourth-order valence-corrected chi connectivity index (χ4v) is 1.94. The van der Waals surface area contributed by atoms with Crippen LogP contribution < -0.4 is 9.64 Å². The first kappa shape index (κ1) is 15.5. The summed E-state index contributed by atoms with van der Waals surface area (Å²) in [5, 5.41) is 0. The highest BCUT2D eigenvalue weighted by Crippen LogP contribution is 2.24. The van der Waals surface area contributed by atoms with E-state index in [1.165, 1.54) is 19.2 Å². The summed E-state index contributed by atoms with van der Waals surface area (Å²) >= 11 is 0. The Labute approximate surface area is 126 Å². The molecule has 0 aliphatic carbocycles. The van der Waals surface area contributed by atoms with Gasteiger partial charge in [-0.05, 0) is 31.2 Å². The van der Waals surface area contributed by atoms with Crippen molar-refractivity contribution in [3.05, 3.63) is 24.3 Å². The van der Waals surface area contributed by atoms with Crippen LogP contribution in [0, 0.1) is 0 Å². The molecule has 0 radical (unpaired) electrons. The van der Waals surface area contributed by atoms with Gasteiger partial charge < -0.3 is 9.47 Å². The predicted molar refractivity (Wildman–Crippen MR) is 74.2 cm³/mol. The van der Waals surface area contributed by atoms with Crippen LogP contribution in [-0.4, -0.2) is 49.0 Å². The number of hydrogen-bond acceptors (Lipinski definition) is 6. The number of esters is 1. The van der Waals surface area contributed by atoms with E-state index in [-0.39, 0.29) is 12.3 Å². The SMILES string of the molecule is CCOC(=O)CN1C(=O)C(=O)N(c2ccc(OC)cc2)C1=O. The summed E-state index contributed by atoms with van der Waals surface area (Å²) in [5.74, 6) is -2.29. The molecule has 1 aliphatic rings. The lowest BCUT2D eigenvalue weighted by Gasteiger charge is -2.15. The summed E-state index contributed by atoms with van der Waals surface area (Å²) in [6.07, 6.45) is 0. The molecule has 0 N–H and O–H groups in total. The van der Waals surface area contributed by atoms with Crippen LogP contribution in [0.4, 0.5) is 10.5 Å². The van der Waals surface area contributed by atoms with Crippen LogP contribution in [0.3, 0.4) is 0 Å². The summed E-state index contributed by atoms with van der Waals surface area (Å²) in [6.45, 7) is 1.12. The van der Waals surface area contributed by atoms with E-state index in [2.05, 4.69) is 4.74 Å². The smallest absolute Gasteiger partial charge is 0.339 e. The highest BCUT2D eigenvalue weighted by molar-refractivity contribution is 6.53. The molecule has 1 saturated heterocycles. The van der Waals surface area contributed by atoms with Crippen molar-refractivity contribution in [2.45, 2.75) is 6.92 Å². The monoisotopic (exact) mass is 306 g/mol. The highest BCUT2D eigenvalue weighted by atomic mass is 16.5. The van der Waals surface area contributed by atoms with Crippen LogP contribution >= 0.6 is 0 Å². The molecular formula is C14H14N2O6. The van der Waals surface area contributed by atoms with Crippen LogP contribution in [0.5, 0.6) is 5.75 Å². The Morgan fingerprint density at radius 1 is 1.09 bits per heavy atom. The third-order valence-electron chi connectivity index (χ3n) is 2.98. The minimum absolute atomic E-state index is 0.116. The Bertz CT molecular complexity index is 625. The Kier molecular flexibility index (Phi) is 4.40. The van der Waals surface area contributed by atoms with Crippen molar-refractivity contribution in [2.24, 2.45) is 0 Å². The number of benzene rings is 1. The molecule has 8 heteroatoms. The molecule has 1 fully saturated rings. The standard InChI is InChI=1S/C14H14N2O6/c1-3-22-11(17)8-15-12(18)13(19)16(14(15)20)9-4-6-10(21-2)7-5-9/h4-7H,3,8H2,1-2H3. The van der Waals surface area contributed by atoms with Gasteiger partial charge in [-0.3, -0.25) is 14.4 Å². The Morgan fingerprint density at radius 2 is 1.73 bits per heavy atom. The van der Waals surface area contributed by atoms with Gasteiger partial charge in [0.15, 0.2) is 0 Å². The summed E-state index contributed by atoms with van der Waals surface area (Å²) in [4.78, 5) is 48.7. The average molecular weight is 306 g/mol. The van der Waals surface area contributed by atoms with E-state index >= 15 is 0 Å².